The Bertz CT molecular complexity index is 502. The van der Waals surface area contributed by atoms with E-state index in [2.05, 4.69) is 0 Å². The molecule has 6 heteroatoms. The molecule has 0 bridgehead atoms. The number of piperidine rings is 1. The molecule has 0 radical (unpaired) electrons. The van der Waals surface area contributed by atoms with E-state index in [1.807, 2.05) is 0 Å². The van der Waals surface area contributed by atoms with Crippen molar-refractivity contribution in [2.24, 2.45) is 0 Å². The van der Waals surface area contributed by atoms with E-state index in [0.717, 1.165) is 25.0 Å². The topological polar surface area (TPSA) is 29.5 Å². The summed E-state index contributed by atoms with van der Waals surface area (Å²) >= 11 is 0. The Hall–Kier alpha value is -1.72. The van der Waals surface area contributed by atoms with Crippen molar-refractivity contribution in [1.29, 1.82) is 0 Å². The minimum Gasteiger partial charge on any atom is -0.489 e. The zero-order valence-corrected chi connectivity index (χ0v) is 11.8. The monoisotopic (exact) mass is 301 g/mol. The molecule has 1 aliphatic heterocycles. The summed E-state index contributed by atoms with van der Waals surface area (Å²) in [4.78, 5) is 13.4. The van der Waals surface area contributed by atoms with Gasteiger partial charge in [-0.05, 0) is 31.0 Å². The molecule has 1 amide bonds. The van der Waals surface area contributed by atoms with Gasteiger partial charge >= 0.3 is 6.18 Å². The number of halogens is 3. The molecule has 1 aromatic rings. The third-order valence-corrected chi connectivity index (χ3v) is 3.50. The zero-order chi connectivity index (χ0) is 15.5. The maximum absolute atomic E-state index is 12.7. The molecule has 1 aliphatic rings. The first kappa shape index (κ1) is 15.7. The first-order valence-corrected chi connectivity index (χ1v) is 7.02. The van der Waals surface area contributed by atoms with Gasteiger partial charge in [0.25, 0.3) is 0 Å². The Labute approximate surface area is 121 Å². The van der Waals surface area contributed by atoms with Gasteiger partial charge in [-0.2, -0.15) is 13.2 Å². The molecule has 0 N–H and O–H groups in total. The molecule has 1 heterocycles. The number of rotatable bonds is 3. The van der Waals surface area contributed by atoms with Gasteiger partial charge in [-0.15, -0.1) is 0 Å². The lowest BCUT2D eigenvalue weighted by atomic mass is 10.1. The first-order chi connectivity index (χ1) is 9.90. The predicted molar refractivity (Wildman–Crippen MR) is 72.0 cm³/mol. The van der Waals surface area contributed by atoms with E-state index < -0.39 is 11.7 Å². The standard InChI is InChI=1S/C15H18F3NO2/c1-2-14(20)19-8-4-7-13(10-19)21-12-6-3-5-11(9-12)15(16,17)18/h3,5-6,9,13H,2,4,7-8,10H2,1H3/t13-/m1/s1. The molecule has 1 fully saturated rings. The lowest BCUT2D eigenvalue weighted by Crippen LogP contribution is -2.44. The van der Waals surface area contributed by atoms with Crippen LogP contribution in [0.5, 0.6) is 5.75 Å². The van der Waals surface area contributed by atoms with Crippen LogP contribution in [0.2, 0.25) is 0 Å². The fourth-order valence-corrected chi connectivity index (χ4v) is 2.42. The quantitative estimate of drug-likeness (QED) is 0.855. The second-order valence-electron chi connectivity index (χ2n) is 5.10. The van der Waals surface area contributed by atoms with E-state index in [0.29, 0.717) is 19.5 Å². The van der Waals surface area contributed by atoms with Gasteiger partial charge in [0.1, 0.15) is 11.9 Å². The average molecular weight is 301 g/mol. The minimum atomic E-state index is -4.38. The van der Waals surface area contributed by atoms with Crippen molar-refractivity contribution in [3.05, 3.63) is 29.8 Å². The van der Waals surface area contributed by atoms with Crippen LogP contribution >= 0.6 is 0 Å². The van der Waals surface area contributed by atoms with Crippen LogP contribution in [0.4, 0.5) is 13.2 Å². The summed E-state index contributed by atoms with van der Waals surface area (Å²) in [5.74, 6) is 0.243. The van der Waals surface area contributed by atoms with Gasteiger partial charge in [-0.3, -0.25) is 4.79 Å². The van der Waals surface area contributed by atoms with Gasteiger partial charge in [0.05, 0.1) is 12.1 Å². The van der Waals surface area contributed by atoms with Crippen molar-refractivity contribution in [2.75, 3.05) is 13.1 Å². The number of hydrogen-bond donors (Lipinski definition) is 0. The SMILES string of the molecule is CCC(=O)N1CCC[C@@H](Oc2cccc(C(F)(F)F)c2)C1. The number of carbonyl (C=O) groups is 1. The van der Waals surface area contributed by atoms with Gasteiger partial charge < -0.3 is 9.64 Å². The lowest BCUT2D eigenvalue weighted by Gasteiger charge is -2.32. The zero-order valence-electron chi connectivity index (χ0n) is 11.8. The fourth-order valence-electron chi connectivity index (χ4n) is 2.42. The van der Waals surface area contributed by atoms with Gasteiger partial charge in [-0.25, -0.2) is 0 Å². The van der Waals surface area contributed by atoms with E-state index in [1.54, 1.807) is 11.8 Å². The summed E-state index contributed by atoms with van der Waals surface area (Å²) in [6.07, 6.45) is -2.66. The highest BCUT2D eigenvalue weighted by atomic mass is 19.4. The average Bonchev–Trinajstić information content (AvgIpc) is 2.46. The van der Waals surface area contributed by atoms with E-state index >= 15 is 0 Å². The molecule has 0 aliphatic carbocycles. The number of nitrogens with zero attached hydrogens (tertiary/aromatic N) is 1. The van der Waals surface area contributed by atoms with Gasteiger partial charge in [0.15, 0.2) is 0 Å². The Balaban J connectivity index is 2.03. The van der Waals surface area contributed by atoms with E-state index in [4.69, 9.17) is 4.74 Å². The number of likely N-dealkylation sites (tertiary alicyclic amines) is 1. The first-order valence-electron chi connectivity index (χ1n) is 7.02. The van der Waals surface area contributed by atoms with Crippen molar-refractivity contribution >= 4 is 5.91 Å². The number of ether oxygens (including phenoxy) is 1. The van der Waals surface area contributed by atoms with Crippen molar-refractivity contribution in [1.82, 2.24) is 4.90 Å². The molecule has 1 aromatic carbocycles. The Morgan fingerprint density at radius 3 is 2.86 bits per heavy atom. The van der Waals surface area contributed by atoms with E-state index in [-0.39, 0.29) is 17.8 Å². The van der Waals surface area contributed by atoms with Crippen LogP contribution in [-0.4, -0.2) is 30.0 Å². The Morgan fingerprint density at radius 2 is 2.19 bits per heavy atom. The normalized spacial score (nSPS) is 19.4. The highest BCUT2D eigenvalue weighted by Gasteiger charge is 2.31. The highest BCUT2D eigenvalue weighted by Crippen LogP contribution is 2.31. The second kappa shape index (κ2) is 6.37. The van der Waals surface area contributed by atoms with Crippen LogP contribution in [0.15, 0.2) is 24.3 Å². The number of carbonyl (C=O) groups excluding carboxylic acids is 1. The van der Waals surface area contributed by atoms with Crippen LogP contribution < -0.4 is 4.74 Å². The number of benzene rings is 1. The van der Waals surface area contributed by atoms with Gasteiger partial charge in [-0.1, -0.05) is 13.0 Å². The van der Waals surface area contributed by atoms with Crippen LogP contribution in [0, 0.1) is 0 Å². The number of hydrogen-bond acceptors (Lipinski definition) is 2. The predicted octanol–water partition coefficient (Wildman–Crippen LogP) is 3.49. The van der Waals surface area contributed by atoms with Crippen molar-refractivity contribution < 1.29 is 22.7 Å². The summed E-state index contributed by atoms with van der Waals surface area (Å²) in [7, 11) is 0. The van der Waals surface area contributed by atoms with Gasteiger partial charge in [0, 0.05) is 13.0 Å². The van der Waals surface area contributed by atoms with E-state index in [1.165, 1.54) is 12.1 Å². The molecule has 0 unspecified atom stereocenters. The highest BCUT2D eigenvalue weighted by molar-refractivity contribution is 5.75. The molecule has 0 spiro atoms. The van der Waals surface area contributed by atoms with Crippen molar-refractivity contribution in [2.45, 2.75) is 38.5 Å². The molecule has 3 nitrogen and oxygen atoms in total. The largest absolute Gasteiger partial charge is 0.489 e. The lowest BCUT2D eigenvalue weighted by molar-refractivity contribution is -0.137. The molecule has 0 saturated carbocycles. The van der Waals surface area contributed by atoms with Crippen LogP contribution in [0.25, 0.3) is 0 Å². The van der Waals surface area contributed by atoms with Crippen LogP contribution in [0.1, 0.15) is 31.7 Å². The van der Waals surface area contributed by atoms with E-state index in [9.17, 15) is 18.0 Å². The maximum Gasteiger partial charge on any atom is 0.416 e. The molecular formula is C15H18F3NO2. The van der Waals surface area contributed by atoms with Crippen LogP contribution in [-0.2, 0) is 11.0 Å². The van der Waals surface area contributed by atoms with Crippen molar-refractivity contribution in [3.8, 4) is 5.75 Å². The Morgan fingerprint density at radius 1 is 1.43 bits per heavy atom. The minimum absolute atomic E-state index is 0.0485. The second-order valence-corrected chi connectivity index (χ2v) is 5.10. The molecular weight excluding hydrogens is 283 g/mol. The third-order valence-electron chi connectivity index (χ3n) is 3.50. The molecule has 1 saturated heterocycles. The summed E-state index contributed by atoms with van der Waals surface area (Å²) in [6, 6.07) is 4.85. The molecule has 2 rings (SSSR count). The fraction of sp³-hybridized carbons (Fsp3) is 0.533. The Kier molecular flexibility index (Phi) is 4.75. The molecule has 116 valence electrons. The van der Waals surface area contributed by atoms with Crippen molar-refractivity contribution in [3.63, 3.8) is 0 Å². The molecule has 0 aromatic heterocycles. The molecule has 21 heavy (non-hydrogen) atoms. The van der Waals surface area contributed by atoms with Gasteiger partial charge in [0.2, 0.25) is 5.91 Å². The van der Waals surface area contributed by atoms with Crippen LogP contribution in [0.3, 0.4) is 0 Å². The number of amides is 1. The summed E-state index contributed by atoms with van der Waals surface area (Å²) < 4.78 is 43.6. The maximum atomic E-state index is 12.7. The smallest absolute Gasteiger partial charge is 0.416 e. The third kappa shape index (κ3) is 4.12. The summed E-state index contributed by atoms with van der Waals surface area (Å²) in [6.45, 7) is 2.91. The summed E-state index contributed by atoms with van der Waals surface area (Å²) in [5, 5.41) is 0. The number of alkyl halides is 3. The molecule has 1 atom stereocenters. The summed E-state index contributed by atoms with van der Waals surface area (Å²) in [5.41, 5.74) is -0.725.